The molecule has 3 rings (SSSR count). The molecule has 1 aliphatic rings. The number of rotatable bonds is 7. The number of ether oxygens (including phenoxy) is 1. The quantitative estimate of drug-likeness (QED) is 0.683. The van der Waals surface area contributed by atoms with Crippen molar-refractivity contribution in [2.45, 2.75) is 33.3 Å². The monoisotopic (exact) mass is 427 g/mol. The summed E-state index contributed by atoms with van der Waals surface area (Å²) in [5.74, 6) is -0.678. The van der Waals surface area contributed by atoms with Crippen LogP contribution in [0.2, 0.25) is 0 Å². The Balaban J connectivity index is 1.82. The third-order valence-electron chi connectivity index (χ3n) is 5.53. The second kappa shape index (κ2) is 9.83. The van der Waals surface area contributed by atoms with E-state index in [0.717, 1.165) is 5.71 Å². The van der Waals surface area contributed by atoms with Crippen molar-refractivity contribution in [2.24, 2.45) is 0 Å². The van der Waals surface area contributed by atoms with E-state index in [1.165, 1.54) is 18.2 Å². The van der Waals surface area contributed by atoms with Gasteiger partial charge in [0.25, 0.3) is 0 Å². The lowest BCUT2D eigenvalue weighted by Crippen LogP contribution is -2.47. The molecule has 7 heteroatoms. The Morgan fingerprint density at radius 3 is 2.48 bits per heavy atom. The molecular formula is C24H28FN2O4+. The summed E-state index contributed by atoms with van der Waals surface area (Å²) in [5.41, 5.74) is 2.42. The van der Waals surface area contributed by atoms with Crippen LogP contribution in [0.25, 0.3) is 0 Å². The van der Waals surface area contributed by atoms with Crippen molar-refractivity contribution in [1.82, 2.24) is 4.90 Å². The van der Waals surface area contributed by atoms with Crippen molar-refractivity contribution in [3.05, 3.63) is 65.0 Å². The first-order valence-corrected chi connectivity index (χ1v) is 10.4. The van der Waals surface area contributed by atoms with Gasteiger partial charge >= 0.3 is 11.9 Å². The van der Waals surface area contributed by atoms with Crippen LogP contribution in [0.3, 0.4) is 0 Å². The van der Waals surface area contributed by atoms with Crippen molar-refractivity contribution >= 4 is 17.6 Å². The molecule has 0 aromatic heterocycles. The van der Waals surface area contributed by atoms with Crippen molar-refractivity contribution in [2.75, 3.05) is 26.2 Å². The summed E-state index contributed by atoms with van der Waals surface area (Å²) in [6, 6.07) is 11.2. The number of carboxylic acid groups (broad SMARTS) is 1. The number of aromatic carboxylic acids is 1. The van der Waals surface area contributed by atoms with Gasteiger partial charge in [0.2, 0.25) is 0 Å². The molecule has 0 saturated heterocycles. The molecule has 1 heterocycles. The molecule has 1 atom stereocenters. The SMILES string of the molecule is CCC(=O)[N+]1=C(C)CN(C[C@@H](Oc2ccc(C(=O)O)cc2)c2ccc(C)c(F)c2)CC1. The molecule has 0 radical (unpaired) electrons. The van der Waals surface area contributed by atoms with E-state index in [9.17, 15) is 14.0 Å². The summed E-state index contributed by atoms with van der Waals surface area (Å²) in [4.78, 5) is 25.4. The van der Waals surface area contributed by atoms with E-state index >= 15 is 0 Å². The lowest BCUT2D eigenvalue weighted by atomic mass is 10.1. The van der Waals surface area contributed by atoms with Gasteiger partial charge in [-0.15, -0.1) is 0 Å². The van der Waals surface area contributed by atoms with E-state index < -0.39 is 12.1 Å². The fourth-order valence-electron chi connectivity index (χ4n) is 3.70. The zero-order valence-corrected chi connectivity index (χ0v) is 18.1. The van der Waals surface area contributed by atoms with Crippen LogP contribution >= 0.6 is 0 Å². The highest BCUT2D eigenvalue weighted by Crippen LogP contribution is 2.25. The first-order valence-electron chi connectivity index (χ1n) is 10.4. The number of carbonyl (C=O) groups excluding carboxylic acids is 1. The van der Waals surface area contributed by atoms with E-state index in [1.54, 1.807) is 25.1 Å². The second-order valence-electron chi connectivity index (χ2n) is 7.81. The van der Waals surface area contributed by atoms with Gasteiger partial charge in [-0.1, -0.05) is 19.1 Å². The normalized spacial score (nSPS) is 15.6. The molecule has 0 bridgehead atoms. The van der Waals surface area contributed by atoms with Crippen LogP contribution in [0, 0.1) is 12.7 Å². The standard InChI is InChI=1S/C24H27FN2O4/c1-4-23(28)27-12-11-26(14-17(27)3)15-22(19-6-5-16(2)21(25)13-19)31-20-9-7-18(8-10-20)24(29)30/h5-10,13,22H,4,11-12,14-15H2,1-3H3/p+1/t22-/m1/s1. The predicted octanol–water partition coefficient (Wildman–Crippen LogP) is 3.68. The molecule has 2 aromatic rings. The average Bonchev–Trinajstić information content (AvgIpc) is 2.75. The second-order valence-corrected chi connectivity index (χ2v) is 7.81. The molecule has 0 spiro atoms. The maximum Gasteiger partial charge on any atom is 0.386 e. The Hall–Kier alpha value is -3.06. The minimum atomic E-state index is -1.01. The molecule has 6 nitrogen and oxygen atoms in total. The minimum absolute atomic E-state index is 0.115. The predicted molar refractivity (Wildman–Crippen MR) is 115 cm³/mol. The Kier molecular flexibility index (Phi) is 7.17. The number of halogens is 1. The smallest absolute Gasteiger partial charge is 0.386 e. The molecule has 1 amide bonds. The number of carboxylic acids is 1. The minimum Gasteiger partial charge on any atom is -0.484 e. The summed E-state index contributed by atoms with van der Waals surface area (Å²) in [6.45, 7) is 7.95. The van der Waals surface area contributed by atoms with Gasteiger partial charge < -0.3 is 9.84 Å². The lowest BCUT2D eigenvalue weighted by molar-refractivity contribution is -0.457. The van der Waals surface area contributed by atoms with Crippen LogP contribution in [0.15, 0.2) is 42.5 Å². The van der Waals surface area contributed by atoms with Gasteiger partial charge in [-0.25, -0.2) is 14.0 Å². The van der Waals surface area contributed by atoms with E-state index in [1.807, 2.05) is 24.5 Å². The number of aryl methyl sites for hydroxylation is 1. The number of amides is 1. The number of benzene rings is 2. The Bertz CT molecular complexity index is 1000. The molecule has 31 heavy (non-hydrogen) atoms. The average molecular weight is 427 g/mol. The van der Waals surface area contributed by atoms with E-state index in [0.29, 0.717) is 49.5 Å². The van der Waals surface area contributed by atoms with Gasteiger partial charge in [-0.3, -0.25) is 4.90 Å². The third-order valence-corrected chi connectivity index (χ3v) is 5.53. The van der Waals surface area contributed by atoms with Crippen molar-refractivity contribution < 1.29 is 28.4 Å². The van der Waals surface area contributed by atoms with Gasteiger partial charge in [0, 0.05) is 13.5 Å². The molecule has 0 saturated carbocycles. The molecule has 0 unspecified atom stereocenters. The molecule has 1 aliphatic heterocycles. The van der Waals surface area contributed by atoms with E-state index in [2.05, 4.69) is 4.90 Å². The zero-order chi connectivity index (χ0) is 22.5. The van der Waals surface area contributed by atoms with Gasteiger partial charge in [-0.2, -0.15) is 4.58 Å². The highest BCUT2D eigenvalue weighted by molar-refractivity contribution is 5.87. The van der Waals surface area contributed by atoms with Crippen LogP contribution in [0.5, 0.6) is 5.75 Å². The lowest BCUT2D eigenvalue weighted by Gasteiger charge is -2.29. The molecule has 0 fully saturated rings. The van der Waals surface area contributed by atoms with Gasteiger partial charge in [0.05, 0.1) is 25.1 Å². The van der Waals surface area contributed by atoms with Crippen LogP contribution in [0.1, 0.15) is 47.9 Å². The molecule has 2 aromatic carbocycles. The van der Waals surface area contributed by atoms with E-state index in [-0.39, 0.29) is 17.3 Å². The molecule has 1 N–H and O–H groups in total. The zero-order valence-electron chi connectivity index (χ0n) is 18.1. The van der Waals surface area contributed by atoms with Crippen LogP contribution < -0.4 is 4.74 Å². The third kappa shape index (κ3) is 5.55. The maximum absolute atomic E-state index is 14.3. The van der Waals surface area contributed by atoms with Crippen LogP contribution in [-0.4, -0.2) is 58.3 Å². The van der Waals surface area contributed by atoms with Crippen molar-refractivity contribution in [3.63, 3.8) is 0 Å². The summed E-state index contributed by atoms with van der Waals surface area (Å²) in [7, 11) is 0. The van der Waals surface area contributed by atoms with Gasteiger partial charge in [0.15, 0.2) is 12.3 Å². The fourth-order valence-corrected chi connectivity index (χ4v) is 3.70. The first-order chi connectivity index (χ1) is 14.8. The highest BCUT2D eigenvalue weighted by Gasteiger charge is 2.29. The largest absolute Gasteiger partial charge is 0.484 e. The molecule has 0 aliphatic carbocycles. The van der Waals surface area contributed by atoms with E-state index in [4.69, 9.17) is 9.84 Å². The van der Waals surface area contributed by atoms with Crippen molar-refractivity contribution in [3.8, 4) is 5.75 Å². The molecular weight excluding hydrogens is 399 g/mol. The Labute approximate surface area is 181 Å². The Morgan fingerprint density at radius 2 is 1.90 bits per heavy atom. The summed E-state index contributed by atoms with van der Waals surface area (Å²) >= 11 is 0. The van der Waals surface area contributed by atoms with Gasteiger partial charge in [0.1, 0.15) is 17.7 Å². The number of hydrogen-bond donors (Lipinski definition) is 1. The maximum atomic E-state index is 14.3. The fraction of sp³-hybridized carbons (Fsp3) is 0.375. The van der Waals surface area contributed by atoms with Crippen molar-refractivity contribution in [1.29, 1.82) is 0 Å². The number of hydrogen-bond acceptors (Lipinski definition) is 4. The summed E-state index contributed by atoms with van der Waals surface area (Å²) in [5, 5.41) is 9.09. The van der Waals surface area contributed by atoms with Crippen LogP contribution in [-0.2, 0) is 4.79 Å². The molecule has 164 valence electrons. The number of nitrogens with zero attached hydrogens (tertiary/aromatic N) is 2. The highest BCUT2D eigenvalue weighted by atomic mass is 19.1. The van der Waals surface area contributed by atoms with Crippen LogP contribution in [0.4, 0.5) is 4.39 Å². The topological polar surface area (TPSA) is 69.8 Å². The van der Waals surface area contributed by atoms with Gasteiger partial charge in [-0.05, 0) is 48.4 Å². The number of carbonyl (C=O) groups is 2. The summed E-state index contributed by atoms with van der Waals surface area (Å²) < 4.78 is 22.3. The first kappa shape index (κ1) is 22.6. The Morgan fingerprint density at radius 1 is 1.19 bits per heavy atom. The summed E-state index contributed by atoms with van der Waals surface area (Å²) in [6.07, 6.45) is 0.0184.